The van der Waals surface area contributed by atoms with E-state index in [-0.39, 0.29) is 0 Å². The van der Waals surface area contributed by atoms with E-state index in [9.17, 15) is 10.1 Å². The number of imidazole rings is 1. The van der Waals surface area contributed by atoms with Crippen LogP contribution in [0.2, 0.25) is 0 Å². The summed E-state index contributed by atoms with van der Waals surface area (Å²) in [4.78, 5) is 14.6. The zero-order chi connectivity index (χ0) is 18.4. The zero-order valence-electron chi connectivity index (χ0n) is 14.5. The molecule has 1 aromatic heterocycles. The maximum absolute atomic E-state index is 10.9. The van der Waals surface area contributed by atoms with Crippen molar-refractivity contribution in [2.75, 3.05) is 25.1 Å². The molecule has 0 saturated carbocycles. The molecule has 1 aliphatic rings. The molecule has 1 aromatic carbocycles. The van der Waals surface area contributed by atoms with Gasteiger partial charge in [-0.1, -0.05) is 0 Å². The minimum absolute atomic E-state index is 0.313. The van der Waals surface area contributed by atoms with E-state index < -0.39 is 4.92 Å². The fourth-order valence-corrected chi connectivity index (χ4v) is 2.58. The van der Waals surface area contributed by atoms with Gasteiger partial charge in [0.1, 0.15) is 13.2 Å². The second kappa shape index (κ2) is 8.24. The first-order chi connectivity index (χ1) is 12.6. The van der Waals surface area contributed by atoms with Crippen LogP contribution in [0.5, 0.6) is 11.5 Å². The van der Waals surface area contributed by atoms with Crippen molar-refractivity contribution < 1.29 is 14.4 Å². The molecule has 2 aromatic rings. The lowest BCUT2D eigenvalue weighted by Gasteiger charge is -2.19. The highest BCUT2D eigenvalue weighted by atomic mass is 16.6. The van der Waals surface area contributed by atoms with Crippen LogP contribution >= 0.6 is 0 Å². The van der Waals surface area contributed by atoms with Crippen LogP contribution in [0, 0.1) is 17.0 Å². The van der Waals surface area contributed by atoms with E-state index in [0.29, 0.717) is 42.8 Å². The third-order valence-electron chi connectivity index (χ3n) is 3.73. The van der Waals surface area contributed by atoms with Crippen LogP contribution in [0.25, 0.3) is 0 Å². The first kappa shape index (κ1) is 17.6. The van der Waals surface area contributed by atoms with E-state index in [1.165, 1.54) is 0 Å². The van der Waals surface area contributed by atoms with E-state index in [4.69, 9.17) is 9.47 Å². The Balaban J connectivity index is 1.56. The van der Waals surface area contributed by atoms with E-state index in [1.54, 1.807) is 24.5 Å². The molecule has 1 aliphatic heterocycles. The van der Waals surface area contributed by atoms with Crippen LogP contribution in [0.3, 0.4) is 0 Å². The van der Waals surface area contributed by atoms with Crippen molar-refractivity contribution in [2.24, 2.45) is 0 Å². The van der Waals surface area contributed by atoms with Crippen LogP contribution in [0.1, 0.15) is 12.1 Å². The average Bonchev–Trinajstić information content (AvgIpc) is 3.03. The van der Waals surface area contributed by atoms with Gasteiger partial charge in [0, 0.05) is 31.0 Å². The van der Waals surface area contributed by atoms with Crippen molar-refractivity contribution in [3.8, 4) is 11.5 Å². The summed E-state index contributed by atoms with van der Waals surface area (Å²) in [5, 5.41) is 17.0. The number of ether oxygens (including phenoxy) is 2. The maximum atomic E-state index is 10.9. The smallest absolute Gasteiger partial charge is 0.274 e. The summed E-state index contributed by atoms with van der Waals surface area (Å²) in [6.07, 6.45) is 5.45. The number of aromatic nitrogens is 2. The molecule has 0 amide bonds. The van der Waals surface area contributed by atoms with Crippen LogP contribution in [0.4, 0.5) is 5.69 Å². The Bertz CT molecular complexity index is 802. The molecule has 3 rings (SSSR count). The second-order valence-electron chi connectivity index (χ2n) is 5.84. The van der Waals surface area contributed by atoms with Gasteiger partial charge in [-0.3, -0.25) is 10.1 Å². The van der Waals surface area contributed by atoms with Gasteiger partial charge in [0.2, 0.25) is 0 Å². The van der Waals surface area contributed by atoms with Crippen molar-refractivity contribution in [3.63, 3.8) is 0 Å². The monoisotopic (exact) mass is 359 g/mol. The highest BCUT2D eigenvalue weighted by Crippen LogP contribution is 2.32. The number of hydrogen-bond donors (Lipinski definition) is 2. The van der Waals surface area contributed by atoms with E-state index in [1.807, 2.05) is 17.7 Å². The fourth-order valence-electron chi connectivity index (χ4n) is 2.58. The molecule has 0 aliphatic carbocycles. The summed E-state index contributed by atoms with van der Waals surface area (Å²) < 4.78 is 13.0. The molecule has 0 radical (unpaired) electrons. The third kappa shape index (κ3) is 4.88. The largest absolute Gasteiger partial charge is 0.486 e. The Morgan fingerprint density at radius 1 is 1.38 bits per heavy atom. The number of nitrogens with zero attached hydrogens (tertiary/aromatic N) is 3. The molecule has 2 N–H and O–H groups in total. The predicted molar refractivity (Wildman–Crippen MR) is 95.7 cm³/mol. The van der Waals surface area contributed by atoms with Crippen molar-refractivity contribution in [2.45, 2.75) is 19.9 Å². The second-order valence-corrected chi connectivity index (χ2v) is 5.84. The number of aryl methyl sites for hydroxylation is 2. The van der Waals surface area contributed by atoms with Crippen molar-refractivity contribution in [1.29, 1.82) is 0 Å². The number of nitrogens with one attached hydrogen (secondary N) is 2. The highest BCUT2D eigenvalue weighted by Gasteiger charge is 2.12. The van der Waals surface area contributed by atoms with Crippen LogP contribution in [0.15, 0.2) is 42.7 Å². The molecule has 0 atom stereocenters. The van der Waals surface area contributed by atoms with Crippen molar-refractivity contribution in [1.82, 2.24) is 14.9 Å². The number of hydrogen-bond acceptors (Lipinski definition) is 7. The van der Waals surface area contributed by atoms with Gasteiger partial charge >= 0.3 is 0 Å². The molecule has 0 saturated heterocycles. The Morgan fingerprint density at radius 3 is 2.92 bits per heavy atom. The zero-order valence-corrected chi connectivity index (χ0v) is 14.5. The van der Waals surface area contributed by atoms with Gasteiger partial charge in [-0.15, -0.1) is 0 Å². The summed E-state index contributed by atoms with van der Waals surface area (Å²) in [5.41, 5.74) is 1.65. The molecule has 26 heavy (non-hydrogen) atoms. The van der Waals surface area contributed by atoms with Crippen molar-refractivity contribution in [3.05, 3.63) is 58.6 Å². The summed E-state index contributed by atoms with van der Waals surface area (Å²) in [7, 11) is 0. The molecular formula is C17H21N5O4. The third-order valence-corrected chi connectivity index (χ3v) is 3.73. The number of anilines is 1. The van der Waals surface area contributed by atoms with Gasteiger partial charge in [-0.2, -0.15) is 0 Å². The molecule has 0 fully saturated rings. The van der Waals surface area contributed by atoms with E-state index >= 15 is 0 Å². The Labute approximate surface area is 150 Å². The SMILES string of the molecule is Cc1cn(CCCN/C(=C/[N+](=O)[O-])Nc2ccc3c(c2)OCCO3)cn1. The molecule has 2 heterocycles. The highest BCUT2D eigenvalue weighted by molar-refractivity contribution is 5.57. The fraction of sp³-hybridized carbons (Fsp3) is 0.353. The van der Waals surface area contributed by atoms with E-state index in [2.05, 4.69) is 15.6 Å². The Hall–Kier alpha value is -3.23. The first-order valence-corrected chi connectivity index (χ1v) is 8.34. The van der Waals surface area contributed by atoms with Gasteiger partial charge in [-0.05, 0) is 25.5 Å². The summed E-state index contributed by atoms with van der Waals surface area (Å²) in [6.45, 7) is 4.30. The number of rotatable bonds is 8. The Kier molecular flexibility index (Phi) is 5.57. The average molecular weight is 359 g/mol. The first-order valence-electron chi connectivity index (χ1n) is 8.34. The summed E-state index contributed by atoms with van der Waals surface area (Å²) in [5.74, 6) is 1.61. The summed E-state index contributed by atoms with van der Waals surface area (Å²) >= 11 is 0. The van der Waals surface area contributed by atoms with Crippen LogP contribution in [-0.2, 0) is 6.54 Å². The predicted octanol–water partition coefficient (Wildman–Crippen LogP) is 2.13. The minimum Gasteiger partial charge on any atom is -0.486 e. The van der Waals surface area contributed by atoms with Gasteiger partial charge in [-0.25, -0.2) is 4.98 Å². The molecular weight excluding hydrogens is 338 g/mol. The molecule has 9 heteroatoms. The van der Waals surface area contributed by atoms with Gasteiger partial charge < -0.3 is 24.7 Å². The number of benzene rings is 1. The van der Waals surface area contributed by atoms with Gasteiger partial charge in [0.05, 0.1) is 16.9 Å². The normalized spacial score (nSPS) is 13.3. The standard InChI is InChI=1S/C17H21N5O4/c1-13-10-21(12-19-13)6-2-5-18-17(11-22(23)24)20-14-3-4-15-16(9-14)26-8-7-25-15/h3-4,9-12,18,20H,2,5-8H2,1H3/b17-11-. The molecule has 0 spiro atoms. The molecule has 9 nitrogen and oxygen atoms in total. The van der Waals surface area contributed by atoms with Gasteiger partial charge in [0.15, 0.2) is 17.3 Å². The molecule has 0 bridgehead atoms. The Morgan fingerprint density at radius 2 is 2.19 bits per heavy atom. The topological polar surface area (TPSA) is 103 Å². The van der Waals surface area contributed by atoms with E-state index in [0.717, 1.165) is 24.9 Å². The van der Waals surface area contributed by atoms with Crippen LogP contribution in [-0.4, -0.2) is 34.2 Å². The van der Waals surface area contributed by atoms with Gasteiger partial charge in [0.25, 0.3) is 6.20 Å². The lowest BCUT2D eigenvalue weighted by atomic mass is 10.2. The quantitative estimate of drug-likeness (QED) is 0.423. The molecule has 138 valence electrons. The van der Waals surface area contributed by atoms with Crippen LogP contribution < -0.4 is 20.1 Å². The lowest BCUT2D eigenvalue weighted by molar-refractivity contribution is -0.403. The minimum atomic E-state index is -0.493. The lowest BCUT2D eigenvalue weighted by Crippen LogP contribution is -2.23. The van der Waals surface area contributed by atoms with Crippen molar-refractivity contribution >= 4 is 5.69 Å². The number of nitro groups is 1. The summed E-state index contributed by atoms with van der Waals surface area (Å²) in [6, 6.07) is 5.33. The molecule has 0 unspecified atom stereocenters. The maximum Gasteiger partial charge on any atom is 0.274 e. The number of fused-ring (bicyclic) bond motifs is 1.